The number of rotatable bonds is 8. The van der Waals surface area contributed by atoms with Gasteiger partial charge in [-0.15, -0.1) is 12.4 Å². The van der Waals surface area contributed by atoms with Gasteiger partial charge in [-0.3, -0.25) is 4.79 Å². The van der Waals surface area contributed by atoms with Crippen molar-refractivity contribution in [1.82, 2.24) is 10.6 Å². The normalized spacial score (nSPS) is 16.2. The number of nitrogens with one attached hydrogen (secondary N) is 2. The Morgan fingerprint density at radius 2 is 1.92 bits per heavy atom. The van der Waals surface area contributed by atoms with Crippen LogP contribution in [-0.4, -0.2) is 32.1 Å². The maximum Gasteiger partial charge on any atom is 0.220 e. The number of para-hydroxylation sites is 1. The summed E-state index contributed by atoms with van der Waals surface area (Å²) in [5.74, 6) is 2.62. The lowest BCUT2D eigenvalue weighted by Crippen LogP contribution is -2.34. The van der Waals surface area contributed by atoms with Crippen molar-refractivity contribution in [3.63, 3.8) is 0 Å². The smallest absolute Gasteiger partial charge is 0.220 e. The molecular formula is C20H33ClN2O2. The molecule has 1 saturated heterocycles. The Morgan fingerprint density at radius 3 is 2.60 bits per heavy atom. The molecule has 0 spiro atoms. The van der Waals surface area contributed by atoms with E-state index in [-0.39, 0.29) is 18.3 Å². The third-order valence-electron chi connectivity index (χ3n) is 4.92. The topological polar surface area (TPSA) is 50.4 Å². The summed E-state index contributed by atoms with van der Waals surface area (Å²) in [6.45, 7) is 9.75. The van der Waals surface area contributed by atoms with E-state index in [9.17, 15) is 4.79 Å². The minimum atomic E-state index is 0. The van der Waals surface area contributed by atoms with E-state index in [0.29, 0.717) is 37.3 Å². The molecule has 5 heteroatoms. The van der Waals surface area contributed by atoms with Crippen molar-refractivity contribution in [2.24, 2.45) is 11.8 Å². The molecule has 1 amide bonds. The summed E-state index contributed by atoms with van der Waals surface area (Å²) in [6.07, 6.45) is 2.99. The Balaban J connectivity index is 0.00000312. The molecule has 0 saturated carbocycles. The Kier molecular flexibility index (Phi) is 9.91. The summed E-state index contributed by atoms with van der Waals surface area (Å²) >= 11 is 0. The van der Waals surface area contributed by atoms with Crippen molar-refractivity contribution in [2.45, 2.75) is 46.0 Å². The number of amides is 1. The van der Waals surface area contributed by atoms with E-state index in [1.165, 1.54) is 18.4 Å². The summed E-state index contributed by atoms with van der Waals surface area (Å²) in [4.78, 5) is 12.1. The molecule has 2 rings (SSSR count). The van der Waals surface area contributed by atoms with Gasteiger partial charge in [0.05, 0.1) is 6.54 Å². The molecule has 0 radical (unpaired) electrons. The quantitative estimate of drug-likeness (QED) is 0.687. The molecule has 1 heterocycles. The van der Waals surface area contributed by atoms with E-state index in [2.05, 4.69) is 37.5 Å². The van der Waals surface area contributed by atoms with Gasteiger partial charge in [-0.1, -0.05) is 39.0 Å². The lowest BCUT2D eigenvalue weighted by atomic mass is 9.84. The fourth-order valence-corrected chi connectivity index (χ4v) is 3.38. The second-order valence-electron chi connectivity index (χ2n) is 7.16. The minimum absolute atomic E-state index is 0. The maximum absolute atomic E-state index is 12.1. The Bertz CT molecular complexity index is 516. The largest absolute Gasteiger partial charge is 0.491 e. The van der Waals surface area contributed by atoms with E-state index >= 15 is 0 Å². The molecule has 0 aromatic heterocycles. The van der Waals surface area contributed by atoms with E-state index in [1.54, 1.807) is 0 Å². The lowest BCUT2D eigenvalue weighted by molar-refractivity contribution is -0.122. The molecule has 1 aromatic carbocycles. The van der Waals surface area contributed by atoms with Gasteiger partial charge in [0.15, 0.2) is 0 Å². The first kappa shape index (κ1) is 21.8. The number of benzene rings is 1. The molecule has 0 bridgehead atoms. The van der Waals surface area contributed by atoms with Crippen LogP contribution in [0.3, 0.4) is 0 Å². The SMILES string of the molecule is CC(C)c1ccccc1OCCNC(=O)CC(C)C1CCNCC1.Cl. The van der Waals surface area contributed by atoms with Gasteiger partial charge in [0, 0.05) is 6.42 Å². The molecule has 1 aliphatic rings. The average Bonchev–Trinajstić information content (AvgIpc) is 2.59. The zero-order valence-electron chi connectivity index (χ0n) is 15.7. The van der Waals surface area contributed by atoms with Crippen LogP contribution in [0.25, 0.3) is 0 Å². The van der Waals surface area contributed by atoms with Gasteiger partial charge in [0.2, 0.25) is 5.91 Å². The van der Waals surface area contributed by atoms with Crippen LogP contribution in [0.2, 0.25) is 0 Å². The van der Waals surface area contributed by atoms with Gasteiger partial charge in [-0.05, 0) is 55.3 Å². The second-order valence-corrected chi connectivity index (χ2v) is 7.16. The molecule has 1 fully saturated rings. The summed E-state index contributed by atoms with van der Waals surface area (Å²) in [6, 6.07) is 8.11. The van der Waals surface area contributed by atoms with E-state index < -0.39 is 0 Å². The van der Waals surface area contributed by atoms with Crippen molar-refractivity contribution in [1.29, 1.82) is 0 Å². The van der Waals surface area contributed by atoms with Crippen LogP contribution in [0.15, 0.2) is 24.3 Å². The van der Waals surface area contributed by atoms with Crippen LogP contribution < -0.4 is 15.4 Å². The monoisotopic (exact) mass is 368 g/mol. The standard InChI is InChI=1S/C20H32N2O2.ClH/c1-15(2)18-6-4-5-7-19(18)24-13-12-22-20(23)14-16(3)17-8-10-21-11-9-17;/h4-7,15-17,21H,8-14H2,1-3H3,(H,22,23);1H. The molecular weight excluding hydrogens is 336 g/mol. The van der Waals surface area contributed by atoms with Gasteiger partial charge in [0.1, 0.15) is 12.4 Å². The molecule has 25 heavy (non-hydrogen) atoms. The van der Waals surface area contributed by atoms with Crippen LogP contribution in [0.5, 0.6) is 5.75 Å². The first-order chi connectivity index (χ1) is 11.6. The number of ether oxygens (including phenoxy) is 1. The van der Waals surface area contributed by atoms with Crippen molar-refractivity contribution < 1.29 is 9.53 Å². The van der Waals surface area contributed by atoms with Crippen LogP contribution in [0, 0.1) is 11.8 Å². The van der Waals surface area contributed by atoms with Crippen LogP contribution >= 0.6 is 12.4 Å². The Hall–Kier alpha value is -1.26. The van der Waals surface area contributed by atoms with Crippen molar-refractivity contribution in [3.8, 4) is 5.75 Å². The van der Waals surface area contributed by atoms with Crippen molar-refractivity contribution in [3.05, 3.63) is 29.8 Å². The number of carbonyl (C=O) groups is 1. The predicted octanol–water partition coefficient (Wildman–Crippen LogP) is 3.75. The van der Waals surface area contributed by atoms with Crippen molar-refractivity contribution >= 4 is 18.3 Å². The molecule has 142 valence electrons. The van der Waals surface area contributed by atoms with E-state index in [1.807, 2.05) is 18.2 Å². The first-order valence-electron chi connectivity index (χ1n) is 9.27. The lowest BCUT2D eigenvalue weighted by Gasteiger charge is -2.27. The van der Waals surface area contributed by atoms with Crippen molar-refractivity contribution in [2.75, 3.05) is 26.2 Å². The minimum Gasteiger partial charge on any atom is -0.491 e. The fourth-order valence-electron chi connectivity index (χ4n) is 3.38. The third kappa shape index (κ3) is 7.25. The highest BCUT2D eigenvalue weighted by Crippen LogP contribution is 2.26. The van der Waals surface area contributed by atoms with Crippen LogP contribution in [0.4, 0.5) is 0 Å². The highest BCUT2D eigenvalue weighted by molar-refractivity contribution is 5.85. The van der Waals surface area contributed by atoms with Gasteiger partial charge >= 0.3 is 0 Å². The zero-order valence-corrected chi connectivity index (χ0v) is 16.5. The third-order valence-corrected chi connectivity index (χ3v) is 4.92. The van der Waals surface area contributed by atoms with Crippen LogP contribution in [0.1, 0.15) is 51.5 Å². The molecule has 4 nitrogen and oxygen atoms in total. The maximum atomic E-state index is 12.1. The summed E-state index contributed by atoms with van der Waals surface area (Å²) in [5, 5.41) is 6.37. The van der Waals surface area contributed by atoms with E-state index in [0.717, 1.165) is 18.8 Å². The second kappa shape index (κ2) is 11.4. The number of halogens is 1. The Morgan fingerprint density at radius 1 is 1.24 bits per heavy atom. The highest BCUT2D eigenvalue weighted by atomic mass is 35.5. The zero-order chi connectivity index (χ0) is 17.4. The average molecular weight is 369 g/mol. The fraction of sp³-hybridized carbons (Fsp3) is 0.650. The number of hydrogen-bond acceptors (Lipinski definition) is 3. The predicted molar refractivity (Wildman–Crippen MR) is 106 cm³/mol. The molecule has 1 unspecified atom stereocenters. The van der Waals surface area contributed by atoms with E-state index in [4.69, 9.17) is 4.74 Å². The highest BCUT2D eigenvalue weighted by Gasteiger charge is 2.21. The van der Waals surface area contributed by atoms with Gasteiger partial charge in [0.25, 0.3) is 0 Å². The molecule has 1 aliphatic heterocycles. The Labute approximate surface area is 158 Å². The van der Waals surface area contributed by atoms with Gasteiger partial charge in [-0.25, -0.2) is 0 Å². The van der Waals surface area contributed by atoms with Gasteiger partial charge in [-0.2, -0.15) is 0 Å². The molecule has 1 atom stereocenters. The number of piperidine rings is 1. The summed E-state index contributed by atoms with van der Waals surface area (Å²) in [7, 11) is 0. The summed E-state index contributed by atoms with van der Waals surface area (Å²) < 4.78 is 5.85. The van der Waals surface area contributed by atoms with Gasteiger partial charge < -0.3 is 15.4 Å². The van der Waals surface area contributed by atoms with Crippen LogP contribution in [-0.2, 0) is 4.79 Å². The summed E-state index contributed by atoms with van der Waals surface area (Å²) in [5.41, 5.74) is 1.21. The first-order valence-corrected chi connectivity index (χ1v) is 9.27. The molecule has 2 N–H and O–H groups in total. The molecule has 1 aromatic rings. The molecule has 0 aliphatic carbocycles. The number of carbonyl (C=O) groups excluding carboxylic acids is 1. The number of hydrogen-bond donors (Lipinski definition) is 2.